The molecule has 1 aliphatic carbocycles. The van der Waals surface area contributed by atoms with Crippen LogP contribution >= 0.6 is 0 Å². The first-order chi connectivity index (χ1) is 28.2. The molecule has 1 heteroatoms. The molecule has 0 fully saturated rings. The molecule has 0 bridgehead atoms. The Bertz CT molecular complexity index is 2990. The quantitative estimate of drug-likeness (QED) is 0.157. The third-order valence-electron chi connectivity index (χ3n) is 11.1. The second kappa shape index (κ2) is 12.8. The third kappa shape index (κ3) is 5.40. The van der Waals surface area contributed by atoms with E-state index in [0.717, 1.165) is 66.3 Å². The van der Waals surface area contributed by atoms with Crippen molar-refractivity contribution in [1.82, 2.24) is 0 Å². The Morgan fingerprint density at radius 3 is 1.69 bits per heavy atom. The van der Waals surface area contributed by atoms with Crippen molar-refractivity contribution in [1.29, 1.82) is 0 Å². The Labute approximate surface area is 323 Å². The van der Waals surface area contributed by atoms with Crippen LogP contribution in [0, 0.1) is 0 Å². The van der Waals surface area contributed by atoms with Gasteiger partial charge in [-0.05, 0) is 126 Å². The lowest BCUT2D eigenvalue weighted by molar-refractivity contribution is 0.660. The number of rotatable bonds is 6. The molecule has 0 saturated carbocycles. The molecule has 0 heterocycles. The number of hydrogen-bond acceptors (Lipinski definition) is 1. The standard InChI is InChI=1S/C53H39N/c1-53(2)51-20-12-11-19-48(51)49-30-29-45(35-52(49)53)54(46-32-42(36-13-5-3-6-14-36)31-43(33-46)37-15-7-4-8-16-37)44-27-25-38(26-28-44)41-24-23-40-22-21-39-17-9-10-18-47(39)50(40)34-41/h3-35H,1-2H3/i25D,26D,27D,28D. The molecule has 0 atom stereocenters. The number of anilines is 3. The van der Waals surface area contributed by atoms with Gasteiger partial charge in [-0.1, -0.05) is 165 Å². The van der Waals surface area contributed by atoms with Crippen molar-refractivity contribution in [2.45, 2.75) is 19.3 Å². The summed E-state index contributed by atoms with van der Waals surface area (Å²) in [7, 11) is 0. The van der Waals surface area contributed by atoms with Crippen LogP contribution in [0.15, 0.2) is 200 Å². The molecule has 0 aromatic heterocycles. The van der Waals surface area contributed by atoms with E-state index in [1.807, 2.05) is 71.6 Å². The Morgan fingerprint density at radius 1 is 0.370 bits per heavy atom. The second-order valence-electron chi connectivity index (χ2n) is 14.7. The van der Waals surface area contributed by atoms with E-state index in [2.05, 4.69) is 123 Å². The van der Waals surface area contributed by atoms with Crippen LogP contribution < -0.4 is 4.90 Å². The molecule has 0 amide bonds. The van der Waals surface area contributed by atoms with Crippen LogP contribution in [0.25, 0.3) is 66.1 Å². The Balaban J connectivity index is 1.23. The fourth-order valence-electron chi connectivity index (χ4n) is 8.29. The molecule has 1 nitrogen and oxygen atoms in total. The monoisotopic (exact) mass is 693 g/mol. The molecule has 9 aromatic carbocycles. The maximum absolute atomic E-state index is 9.79. The van der Waals surface area contributed by atoms with Crippen molar-refractivity contribution in [3.63, 3.8) is 0 Å². The van der Waals surface area contributed by atoms with Gasteiger partial charge in [-0.25, -0.2) is 0 Å². The summed E-state index contributed by atoms with van der Waals surface area (Å²) in [6.07, 6.45) is 0. The first-order valence-electron chi connectivity index (χ1n) is 20.5. The molecule has 9 aromatic rings. The van der Waals surface area contributed by atoms with Crippen LogP contribution in [-0.2, 0) is 5.41 Å². The van der Waals surface area contributed by atoms with Crippen LogP contribution in [0.3, 0.4) is 0 Å². The average molecular weight is 694 g/mol. The molecule has 0 saturated heterocycles. The summed E-state index contributed by atoms with van der Waals surface area (Å²) in [5.41, 5.74) is 11.1. The van der Waals surface area contributed by atoms with E-state index >= 15 is 0 Å². The second-order valence-corrected chi connectivity index (χ2v) is 14.7. The summed E-state index contributed by atoms with van der Waals surface area (Å²) < 4.78 is 38.8. The van der Waals surface area contributed by atoms with Crippen LogP contribution in [0.1, 0.15) is 30.5 Å². The van der Waals surface area contributed by atoms with E-state index in [1.165, 1.54) is 11.1 Å². The number of nitrogens with zero attached hydrogens (tertiary/aromatic N) is 1. The van der Waals surface area contributed by atoms with Gasteiger partial charge in [-0.2, -0.15) is 0 Å². The van der Waals surface area contributed by atoms with Gasteiger partial charge in [-0.15, -0.1) is 0 Å². The molecular formula is C53H39N. The zero-order valence-corrected chi connectivity index (χ0v) is 30.2. The summed E-state index contributed by atoms with van der Waals surface area (Å²) in [5, 5.41) is 4.24. The maximum Gasteiger partial charge on any atom is 0.0645 e. The van der Waals surface area contributed by atoms with Gasteiger partial charge >= 0.3 is 0 Å². The first-order valence-corrected chi connectivity index (χ1v) is 18.5. The minimum Gasteiger partial charge on any atom is -0.310 e. The SMILES string of the molecule is [2H]c1c([2H])c(N(c2cc(-c3ccccc3)cc(-c3ccccc3)c2)c2ccc3c(c2)C(C)(C)c2ccccc2-3)c([2H])c([2H])c1-c1ccc2ccc3ccccc3c2c1. The smallest absolute Gasteiger partial charge is 0.0645 e. The lowest BCUT2D eigenvalue weighted by atomic mass is 9.82. The normalized spacial score (nSPS) is 13.8. The van der Waals surface area contributed by atoms with Crippen molar-refractivity contribution < 1.29 is 5.48 Å². The van der Waals surface area contributed by atoms with Crippen molar-refractivity contribution in [3.05, 3.63) is 211 Å². The molecule has 1 aliphatic rings. The molecule has 54 heavy (non-hydrogen) atoms. The van der Waals surface area contributed by atoms with Crippen molar-refractivity contribution in [3.8, 4) is 44.5 Å². The predicted octanol–water partition coefficient (Wildman–Crippen LogP) is 14.8. The highest BCUT2D eigenvalue weighted by molar-refractivity contribution is 6.08. The van der Waals surface area contributed by atoms with Gasteiger partial charge in [0.25, 0.3) is 0 Å². The fraction of sp³-hybridized carbons (Fsp3) is 0.0566. The molecule has 0 unspecified atom stereocenters. The molecule has 0 aliphatic heterocycles. The third-order valence-corrected chi connectivity index (χ3v) is 11.1. The van der Waals surface area contributed by atoms with Gasteiger partial charge in [0.05, 0.1) is 5.48 Å². The molecular weight excluding hydrogens is 651 g/mol. The lowest BCUT2D eigenvalue weighted by Crippen LogP contribution is -2.16. The van der Waals surface area contributed by atoms with Crippen LogP contribution in [-0.4, -0.2) is 0 Å². The van der Waals surface area contributed by atoms with Crippen LogP contribution in [0.2, 0.25) is 0 Å². The summed E-state index contributed by atoms with van der Waals surface area (Å²) in [6.45, 7) is 4.49. The van der Waals surface area contributed by atoms with E-state index in [-0.39, 0.29) is 40.8 Å². The van der Waals surface area contributed by atoms with Crippen LogP contribution in [0.4, 0.5) is 17.1 Å². The van der Waals surface area contributed by atoms with Crippen molar-refractivity contribution >= 4 is 38.6 Å². The Kier molecular flexibility index (Phi) is 6.59. The number of benzene rings is 9. The number of fused-ring (bicyclic) bond motifs is 6. The predicted molar refractivity (Wildman–Crippen MR) is 230 cm³/mol. The molecule has 0 radical (unpaired) electrons. The average Bonchev–Trinajstić information content (AvgIpc) is 3.50. The van der Waals surface area contributed by atoms with Crippen molar-refractivity contribution in [2.75, 3.05) is 4.90 Å². The Hall–Kier alpha value is -6.70. The number of hydrogen-bond donors (Lipinski definition) is 0. The minimum absolute atomic E-state index is 0.0861. The van der Waals surface area contributed by atoms with E-state index < -0.39 is 0 Å². The largest absolute Gasteiger partial charge is 0.310 e. The zero-order chi connectivity index (χ0) is 39.7. The fourth-order valence-corrected chi connectivity index (χ4v) is 8.29. The van der Waals surface area contributed by atoms with E-state index in [1.54, 1.807) is 0 Å². The molecule has 10 rings (SSSR count). The maximum atomic E-state index is 9.79. The lowest BCUT2D eigenvalue weighted by Gasteiger charge is -2.29. The Morgan fingerprint density at radius 2 is 0.963 bits per heavy atom. The zero-order valence-electron chi connectivity index (χ0n) is 34.2. The van der Waals surface area contributed by atoms with E-state index in [4.69, 9.17) is 0 Å². The van der Waals surface area contributed by atoms with E-state index in [9.17, 15) is 5.48 Å². The van der Waals surface area contributed by atoms with Gasteiger partial charge in [0, 0.05) is 22.5 Å². The summed E-state index contributed by atoms with van der Waals surface area (Å²) in [6, 6.07) is 59.7. The van der Waals surface area contributed by atoms with Crippen LogP contribution in [0.5, 0.6) is 0 Å². The van der Waals surface area contributed by atoms with E-state index in [0.29, 0.717) is 5.56 Å². The van der Waals surface area contributed by atoms with Gasteiger partial charge < -0.3 is 4.90 Å². The van der Waals surface area contributed by atoms with Gasteiger partial charge in [-0.3, -0.25) is 0 Å². The molecule has 0 N–H and O–H groups in total. The molecule has 0 spiro atoms. The summed E-state index contributed by atoms with van der Waals surface area (Å²) in [4.78, 5) is 1.94. The highest BCUT2D eigenvalue weighted by atomic mass is 15.1. The topological polar surface area (TPSA) is 3.24 Å². The molecule has 256 valence electrons. The van der Waals surface area contributed by atoms with Gasteiger partial charge in [0.15, 0.2) is 0 Å². The summed E-state index contributed by atoms with van der Waals surface area (Å²) in [5.74, 6) is 0. The minimum atomic E-state index is -0.298. The first kappa shape index (κ1) is 27.9. The highest BCUT2D eigenvalue weighted by Crippen LogP contribution is 2.51. The van der Waals surface area contributed by atoms with Crippen molar-refractivity contribution in [2.24, 2.45) is 0 Å². The highest BCUT2D eigenvalue weighted by Gasteiger charge is 2.35. The summed E-state index contributed by atoms with van der Waals surface area (Å²) >= 11 is 0. The van der Waals surface area contributed by atoms with Gasteiger partial charge in [0.1, 0.15) is 0 Å². The van der Waals surface area contributed by atoms with Gasteiger partial charge in [0.2, 0.25) is 0 Å².